The lowest BCUT2D eigenvalue weighted by molar-refractivity contribution is 0.149. The summed E-state index contributed by atoms with van der Waals surface area (Å²) in [7, 11) is 0. The second-order valence-electron chi connectivity index (χ2n) is 3.89. The number of hydrogen-bond acceptors (Lipinski definition) is 3. The van der Waals surface area contributed by atoms with E-state index in [0.717, 1.165) is 32.2 Å². The maximum atomic E-state index is 9.59. The molecule has 3 heteroatoms. The highest BCUT2D eigenvalue weighted by molar-refractivity contribution is 7.09. The molecule has 0 saturated heterocycles. The van der Waals surface area contributed by atoms with Gasteiger partial charge in [0.15, 0.2) is 0 Å². The molecule has 0 unspecified atom stereocenters. The smallest absolute Gasteiger partial charge is 0.0693 e. The van der Waals surface area contributed by atoms with Gasteiger partial charge in [-0.25, -0.2) is 0 Å². The van der Waals surface area contributed by atoms with E-state index in [1.54, 1.807) is 11.3 Å². The number of aliphatic hydroxyl groups is 1. The topological polar surface area (TPSA) is 32.3 Å². The van der Waals surface area contributed by atoms with Gasteiger partial charge in [0.25, 0.3) is 0 Å². The molecule has 0 aromatic carbocycles. The molecule has 2 atom stereocenters. The van der Waals surface area contributed by atoms with Gasteiger partial charge in [-0.2, -0.15) is 0 Å². The molecular weight excluding hydrogens is 194 g/mol. The number of rotatable bonds is 4. The summed E-state index contributed by atoms with van der Waals surface area (Å²) in [6.45, 7) is 0.988. The highest BCUT2D eigenvalue weighted by atomic mass is 32.1. The maximum Gasteiger partial charge on any atom is 0.0693 e. The Morgan fingerprint density at radius 1 is 1.50 bits per heavy atom. The minimum Gasteiger partial charge on any atom is -0.392 e. The average molecular weight is 211 g/mol. The van der Waals surface area contributed by atoms with Crippen molar-refractivity contribution in [3.63, 3.8) is 0 Å². The molecule has 0 radical (unpaired) electrons. The third-order valence-electron chi connectivity index (χ3n) is 2.84. The number of nitrogens with one attached hydrogen (secondary N) is 1. The van der Waals surface area contributed by atoms with Gasteiger partial charge in [-0.1, -0.05) is 6.07 Å². The lowest BCUT2D eigenvalue weighted by Gasteiger charge is -2.15. The van der Waals surface area contributed by atoms with Gasteiger partial charge in [0, 0.05) is 17.5 Å². The van der Waals surface area contributed by atoms with E-state index < -0.39 is 0 Å². The van der Waals surface area contributed by atoms with Crippen LogP contribution >= 0.6 is 11.3 Å². The van der Waals surface area contributed by atoms with Crippen LogP contribution in [0.2, 0.25) is 0 Å². The first-order chi connectivity index (χ1) is 6.86. The fourth-order valence-corrected chi connectivity index (χ4v) is 2.72. The van der Waals surface area contributed by atoms with Crippen LogP contribution in [0.5, 0.6) is 0 Å². The Bertz CT molecular complexity index is 260. The van der Waals surface area contributed by atoms with Crippen LogP contribution in [0.4, 0.5) is 0 Å². The van der Waals surface area contributed by atoms with Crippen molar-refractivity contribution in [1.29, 1.82) is 0 Å². The molecule has 0 spiro atoms. The SMILES string of the molecule is O[C@@H]1CCC[C@H]1NCCc1cccs1. The summed E-state index contributed by atoms with van der Waals surface area (Å²) in [5, 5.41) is 15.1. The van der Waals surface area contributed by atoms with Crippen molar-refractivity contribution in [2.24, 2.45) is 0 Å². The van der Waals surface area contributed by atoms with Gasteiger partial charge in [0.2, 0.25) is 0 Å². The second-order valence-corrected chi connectivity index (χ2v) is 4.92. The minimum absolute atomic E-state index is 0.113. The zero-order valence-electron chi connectivity index (χ0n) is 8.28. The molecule has 1 fully saturated rings. The van der Waals surface area contributed by atoms with Gasteiger partial charge in [0.05, 0.1) is 6.10 Å². The summed E-state index contributed by atoms with van der Waals surface area (Å²) < 4.78 is 0. The molecule has 1 aromatic heterocycles. The predicted molar refractivity (Wildman–Crippen MR) is 59.7 cm³/mol. The summed E-state index contributed by atoms with van der Waals surface area (Å²) in [5.74, 6) is 0. The third kappa shape index (κ3) is 2.56. The van der Waals surface area contributed by atoms with Crippen molar-refractivity contribution >= 4 is 11.3 Å². The molecule has 1 aliphatic carbocycles. The normalized spacial score (nSPS) is 26.9. The number of aliphatic hydroxyl groups excluding tert-OH is 1. The monoisotopic (exact) mass is 211 g/mol. The molecule has 0 aliphatic heterocycles. The van der Waals surface area contributed by atoms with E-state index >= 15 is 0 Å². The van der Waals surface area contributed by atoms with Gasteiger partial charge in [-0.05, 0) is 37.1 Å². The van der Waals surface area contributed by atoms with E-state index in [2.05, 4.69) is 22.8 Å². The summed E-state index contributed by atoms with van der Waals surface area (Å²) in [5.41, 5.74) is 0. The molecule has 78 valence electrons. The fraction of sp³-hybridized carbons (Fsp3) is 0.636. The minimum atomic E-state index is -0.113. The summed E-state index contributed by atoms with van der Waals surface area (Å²) >= 11 is 1.80. The largest absolute Gasteiger partial charge is 0.392 e. The van der Waals surface area contributed by atoms with Gasteiger partial charge < -0.3 is 10.4 Å². The Morgan fingerprint density at radius 3 is 3.07 bits per heavy atom. The van der Waals surface area contributed by atoms with E-state index in [1.807, 2.05) is 0 Å². The van der Waals surface area contributed by atoms with Crippen molar-refractivity contribution in [2.75, 3.05) is 6.54 Å². The van der Waals surface area contributed by atoms with Crippen LogP contribution in [0.1, 0.15) is 24.1 Å². The van der Waals surface area contributed by atoms with Gasteiger partial charge in [-0.15, -0.1) is 11.3 Å². The van der Waals surface area contributed by atoms with Crippen LogP contribution in [0.25, 0.3) is 0 Å². The van der Waals surface area contributed by atoms with E-state index in [9.17, 15) is 5.11 Å². The van der Waals surface area contributed by atoms with Crippen molar-refractivity contribution in [3.8, 4) is 0 Å². The molecule has 2 N–H and O–H groups in total. The first kappa shape index (κ1) is 10.1. The van der Waals surface area contributed by atoms with E-state index in [1.165, 1.54) is 4.88 Å². The molecule has 2 rings (SSSR count). The van der Waals surface area contributed by atoms with Crippen LogP contribution in [0, 0.1) is 0 Å². The average Bonchev–Trinajstić information content (AvgIpc) is 2.78. The Morgan fingerprint density at radius 2 is 2.43 bits per heavy atom. The quantitative estimate of drug-likeness (QED) is 0.796. The highest BCUT2D eigenvalue weighted by Crippen LogP contribution is 2.18. The Hall–Kier alpha value is -0.380. The fourth-order valence-electron chi connectivity index (χ4n) is 2.01. The zero-order chi connectivity index (χ0) is 9.80. The van der Waals surface area contributed by atoms with Gasteiger partial charge >= 0.3 is 0 Å². The summed E-state index contributed by atoms with van der Waals surface area (Å²) in [6, 6.07) is 4.59. The molecule has 1 aliphatic rings. The second kappa shape index (κ2) is 4.91. The van der Waals surface area contributed by atoms with Gasteiger partial charge in [-0.3, -0.25) is 0 Å². The molecule has 1 aromatic rings. The summed E-state index contributed by atoms with van der Waals surface area (Å²) in [4.78, 5) is 1.42. The molecule has 0 bridgehead atoms. The lowest BCUT2D eigenvalue weighted by atomic mass is 10.2. The lowest BCUT2D eigenvalue weighted by Crippen LogP contribution is -2.36. The Labute approximate surface area is 89.0 Å². The van der Waals surface area contributed by atoms with Crippen molar-refractivity contribution < 1.29 is 5.11 Å². The number of hydrogen-bond donors (Lipinski definition) is 2. The standard InChI is InChI=1S/C11H17NOS/c13-11-5-1-4-10(11)12-7-6-9-3-2-8-14-9/h2-3,8,10-13H,1,4-7H2/t10-,11-/m1/s1. The van der Waals surface area contributed by atoms with Crippen LogP contribution in [0.3, 0.4) is 0 Å². The Kier molecular flexibility index (Phi) is 3.56. The van der Waals surface area contributed by atoms with Crippen LogP contribution in [0.15, 0.2) is 17.5 Å². The van der Waals surface area contributed by atoms with E-state index in [-0.39, 0.29) is 6.10 Å². The Balaban J connectivity index is 1.68. The predicted octanol–water partition coefficient (Wildman–Crippen LogP) is 1.79. The van der Waals surface area contributed by atoms with Crippen LogP contribution in [-0.4, -0.2) is 23.8 Å². The van der Waals surface area contributed by atoms with E-state index in [4.69, 9.17) is 0 Å². The van der Waals surface area contributed by atoms with Crippen LogP contribution < -0.4 is 5.32 Å². The van der Waals surface area contributed by atoms with E-state index in [0.29, 0.717) is 6.04 Å². The highest BCUT2D eigenvalue weighted by Gasteiger charge is 2.23. The molecule has 2 nitrogen and oxygen atoms in total. The third-order valence-corrected chi connectivity index (χ3v) is 3.77. The molecule has 0 amide bonds. The number of thiophene rings is 1. The first-order valence-corrected chi connectivity index (χ1v) is 6.18. The summed E-state index contributed by atoms with van der Waals surface area (Å²) in [6.07, 6.45) is 4.24. The molecular formula is C11H17NOS. The van der Waals surface area contributed by atoms with Crippen molar-refractivity contribution in [1.82, 2.24) is 5.32 Å². The molecule has 1 saturated carbocycles. The molecule has 14 heavy (non-hydrogen) atoms. The van der Waals surface area contributed by atoms with Crippen molar-refractivity contribution in [3.05, 3.63) is 22.4 Å². The maximum absolute atomic E-state index is 9.59. The van der Waals surface area contributed by atoms with Gasteiger partial charge in [0.1, 0.15) is 0 Å². The van der Waals surface area contributed by atoms with Crippen LogP contribution in [-0.2, 0) is 6.42 Å². The first-order valence-electron chi connectivity index (χ1n) is 5.30. The van der Waals surface area contributed by atoms with Crippen molar-refractivity contribution in [2.45, 2.75) is 37.8 Å². The zero-order valence-corrected chi connectivity index (χ0v) is 9.09. The molecule has 1 heterocycles.